The number of anilines is 1. The SMILES string of the molecule is Cc1sc2nc(CS[C@H](C)C(=O)Nc3cccc(C(F)(F)F)c3)[nH]c(=O)c2c1C. The van der Waals surface area contributed by atoms with Crippen LogP contribution in [-0.2, 0) is 16.7 Å². The van der Waals surface area contributed by atoms with Crippen molar-refractivity contribution in [3.05, 3.63) is 56.4 Å². The zero-order valence-electron chi connectivity index (χ0n) is 15.8. The Morgan fingerprint density at radius 3 is 2.76 bits per heavy atom. The van der Waals surface area contributed by atoms with Crippen LogP contribution < -0.4 is 10.9 Å². The van der Waals surface area contributed by atoms with E-state index in [0.29, 0.717) is 21.8 Å². The van der Waals surface area contributed by atoms with Crippen LogP contribution in [0.2, 0.25) is 0 Å². The van der Waals surface area contributed by atoms with Gasteiger partial charge in [0.2, 0.25) is 5.91 Å². The first-order valence-corrected chi connectivity index (χ1v) is 10.5. The molecule has 2 heterocycles. The minimum Gasteiger partial charge on any atom is -0.325 e. The number of hydrogen-bond acceptors (Lipinski definition) is 5. The van der Waals surface area contributed by atoms with Crippen LogP contribution in [0, 0.1) is 13.8 Å². The molecule has 1 amide bonds. The predicted molar refractivity (Wildman–Crippen MR) is 111 cm³/mol. The van der Waals surface area contributed by atoms with Crippen LogP contribution in [0.5, 0.6) is 0 Å². The van der Waals surface area contributed by atoms with E-state index in [0.717, 1.165) is 22.6 Å². The normalized spacial score (nSPS) is 12.9. The number of carbonyl (C=O) groups is 1. The summed E-state index contributed by atoms with van der Waals surface area (Å²) in [6.07, 6.45) is -4.48. The number of halogens is 3. The van der Waals surface area contributed by atoms with Crippen molar-refractivity contribution < 1.29 is 18.0 Å². The summed E-state index contributed by atoms with van der Waals surface area (Å²) in [7, 11) is 0. The lowest BCUT2D eigenvalue weighted by Gasteiger charge is -2.13. The Labute approximate surface area is 172 Å². The molecule has 0 bridgehead atoms. The first kappa shape index (κ1) is 21.4. The lowest BCUT2D eigenvalue weighted by Crippen LogP contribution is -2.23. The number of aromatic amines is 1. The van der Waals surface area contributed by atoms with E-state index in [-0.39, 0.29) is 11.2 Å². The first-order valence-electron chi connectivity index (χ1n) is 8.65. The van der Waals surface area contributed by atoms with Crippen molar-refractivity contribution in [3.63, 3.8) is 0 Å². The molecule has 10 heteroatoms. The monoisotopic (exact) mass is 441 g/mol. The van der Waals surface area contributed by atoms with Crippen LogP contribution in [0.3, 0.4) is 0 Å². The Balaban J connectivity index is 1.66. The number of fused-ring (bicyclic) bond motifs is 1. The van der Waals surface area contributed by atoms with Crippen LogP contribution in [0.15, 0.2) is 29.1 Å². The fourth-order valence-electron chi connectivity index (χ4n) is 2.66. The third-order valence-corrected chi connectivity index (χ3v) is 6.64. The second kappa shape index (κ2) is 8.19. The quantitative estimate of drug-likeness (QED) is 0.592. The van der Waals surface area contributed by atoms with E-state index in [2.05, 4.69) is 15.3 Å². The number of hydrogen-bond donors (Lipinski definition) is 2. The van der Waals surface area contributed by atoms with Crippen molar-refractivity contribution in [3.8, 4) is 0 Å². The molecule has 0 saturated heterocycles. The molecule has 1 atom stereocenters. The van der Waals surface area contributed by atoms with E-state index >= 15 is 0 Å². The second-order valence-corrected chi connectivity index (χ2v) is 9.03. The number of H-pyrrole nitrogens is 1. The summed E-state index contributed by atoms with van der Waals surface area (Å²) in [5, 5.41) is 2.51. The van der Waals surface area contributed by atoms with E-state index in [1.807, 2.05) is 13.8 Å². The largest absolute Gasteiger partial charge is 0.416 e. The van der Waals surface area contributed by atoms with E-state index in [9.17, 15) is 22.8 Å². The summed E-state index contributed by atoms with van der Waals surface area (Å²) in [6.45, 7) is 5.44. The van der Waals surface area contributed by atoms with Crippen LogP contribution in [0.4, 0.5) is 18.9 Å². The summed E-state index contributed by atoms with van der Waals surface area (Å²) in [4.78, 5) is 33.5. The molecular formula is C19H18F3N3O2S2. The van der Waals surface area contributed by atoms with E-state index < -0.39 is 22.9 Å². The molecule has 154 valence electrons. The van der Waals surface area contributed by atoms with Crippen molar-refractivity contribution in [1.82, 2.24) is 9.97 Å². The molecule has 2 aromatic heterocycles. The Morgan fingerprint density at radius 2 is 2.07 bits per heavy atom. The van der Waals surface area contributed by atoms with E-state index in [1.54, 1.807) is 6.92 Å². The molecule has 1 aromatic carbocycles. The smallest absolute Gasteiger partial charge is 0.325 e. The average molecular weight is 442 g/mol. The maximum atomic E-state index is 12.8. The van der Waals surface area contributed by atoms with Crippen LogP contribution in [0.1, 0.15) is 28.8 Å². The number of rotatable bonds is 5. The number of thiophene rings is 1. The van der Waals surface area contributed by atoms with Gasteiger partial charge in [-0.15, -0.1) is 23.1 Å². The van der Waals surface area contributed by atoms with Gasteiger partial charge in [0.25, 0.3) is 5.56 Å². The first-order chi connectivity index (χ1) is 13.6. The third-order valence-electron chi connectivity index (χ3n) is 4.38. The fourth-order valence-corrected chi connectivity index (χ4v) is 4.47. The molecular weight excluding hydrogens is 423 g/mol. The minimum atomic E-state index is -4.48. The summed E-state index contributed by atoms with van der Waals surface area (Å²) in [6, 6.07) is 4.48. The summed E-state index contributed by atoms with van der Waals surface area (Å²) in [5.41, 5.74) is -0.0534. The highest BCUT2D eigenvalue weighted by Crippen LogP contribution is 2.31. The van der Waals surface area contributed by atoms with Gasteiger partial charge >= 0.3 is 6.18 Å². The topological polar surface area (TPSA) is 74.8 Å². The van der Waals surface area contributed by atoms with Crippen molar-refractivity contribution >= 4 is 44.9 Å². The Kier molecular flexibility index (Phi) is 6.04. The molecule has 0 saturated carbocycles. The lowest BCUT2D eigenvalue weighted by atomic mass is 10.2. The number of alkyl halides is 3. The second-order valence-electron chi connectivity index (χ2n) is 6.50. The zero-order chi connectivity index (χ0) is 21.3. The van der Waals surface area contributed by atoms with Crippen LogP contribution >= 0.6 is 23.1 Å². The average Bonchev–Trinajstić information content (AvgIpc) is 2.93. The molecule has 0 fully saturated rings. The summed E-state index contributed by atoms with van der Waals surface area (Å²) < 4.78 is 38.4. The lowest BCUT2D eigenvalue weighted by molar-refractivity contribution is -0.137. The van der Waals surface area contributed by atoms with Crippen molar-refractivity contribution in [2.24, 2.45) is 0 Å². The Morgan fingerprint density at radius 1 is 1.34 bits per heavy atom. The molecule has 0 aliphatic heterocycles. The number of benzene rings is 1. The molecule has 3 rings (SSSR count). The van der Waals surface area contributed by atoms with E-state index in [4.69, 9.17) is 0 Å². The maximum Gasteiger partial charge on any atom is 0.416 e. The standard InChI is InChI=1S/C19H18F3N3O2S2/c1-9-10(2)29-18-15(9)17(27)24-14(25-18)8-28-11(3)16(26)23-13-6-4-5-12(7-13)19(20,21)22/h4-7,11H,8H2,1-3H3,(H,23,26)(H,24,25,27)/t11-/m1/s1. The Bertz CT molecular complexity index is 1120. The molecule has 0 aliphatic rings. The van der Waals surface area contributed by atoms with Gasteiger partial charge in [-0.05, 0) is 44.5 Å². The highest BCUT2D eigenvalue weighted by atomic mass is 32.2. The molecule has 0 spiro atoms. The van der Waals surface area contributed by atoms with Gasteiger partial charge in [0.15, 0.2) is 0 Å². The number of amides is 1. The molecule has 29 heavy (non-hydrogen) atoms. The fraction of sp³-hybridized carbons (Fsp3) is 0.316. The van der Waals surface area contributed by atoms with E-state index in [1.165, 1.54) is 35.2 Å². The number of nitrogens with zero attached hydrogens (tertiary/aromatic N) is 1. The van der Waals surface area contributed by atoms with Gasteiger partial charge in [-0.1, -0.05) is 6.07 Å². The van der Waals surface area contributed by atoms with Crippen LogP contribution in [-0.4, -0.2) is 21.1 Å². The predicted octanol–water partition coefficient (Wildman–Crippen LogP) is 4.88. The van der Waals surface area contributed by atoms with Gasteiger partial charge in [-0.25, -0.2) is 4.98 Å². The van der Waals surface area contributed by atoms with Gasteiger partial charge in [0.1, 0.15) is 10.7 Å². The number of thioether (sulfide) groups is 1. The maximum absolute atomic E-state index is 12.8. The molecule has 5 nitrogen and oxygen atoms in total. The third kappa shape index (κ3) is 4.81. The van der Waals surface area contributed by atoms with Crippen molar-refractivity contribution in [2.75, 3.05) is 5.32 Å². The highest BCUT2D eigenvalue weighted by molar-refractivity contribution is 7.99. The number of carbonyl (C=O) groups excluding carboxylic acids is 1. The highest BCUT2D eigenvalue weighted by Gasteiger charge is 2.30. The van der Waals surface area contributed by atoms with Gasteiger partial charge in [0.05, 0.1) is 22.0 Å². The van der Waals surface area contributed by atoms with Gasteiger partial charge in [-0.2, -0.15) is 13.2 Å². The van der Waals surface area contributed by atoms with Crippen LogP contribution in [0.25, 0.3) is 10.2 Å². The number of aromatic nitrogens is 2. The summed E-state index contributed by atoms with van der Waals surface area (Å²) >= 11 is 2.67. The molecule has 2 N–H and O–H groups in total. The zero-order valence-corrected chi connectivity index (χ0v) is 17.4. The van der Waals surface area contributed by atoms with Gasteiger partial charge < -0.3 is 10.3 Å². The van der Waals surface area contributed by atoms with Gasteiger partial charge in [-0.3, -0.25) is 9.59 Å². The van der Waals surface area contributed by atoms with Crippen molar-refractivity contribution in [2.45, 2.75) is 38.0 Å². The van der Waals surface area contributed by atoms with Crippen molar-refractivity contribution in [1.29, 1.82) is 0 Å². The minimum absolute atomic E-state index is 0.0785. The number of aryl methyl sites for hydroxylation is 2. The van der Waals surface area contributed by atoms with Gasteiger partial charge in [0, 0.05) is 10.6 Å². The number of nitrogens with one attached hydrogen (secondary N) is 2. The molecule has 0 aliphatic carbocycles. The summed E-state index contributed by atoms with van der Waals surface area (Å²) in [5.74, 6) is 0.311. The molecule has 0 unspecified atom stereocenters. The molecule has 3 aromatic rings. The molecule has 0 radical (unpaired) electrons. The Hall–Kier alpha value is -2.33.